The molecule has 136 valence electrons. The summed E-state index contributed by atoms with van der Waals surface area (Å²) in [7, 11) is 0. The highest BCUT2D eigenvalue weighted by Crippen LogP contribution is 2.27. The number of aromatic nitrogens is 2. The molecule has 2 aromatic heterocycles. The van der Waals surface area contributed by atoms with E-state index in [0.717, 1.165) is 25.9 Å². The quantitative estimate of drug-likeness (QED) is 0.783. The van der Waals surface area contributed by atoms with Gasteiger partial charge in [0.2, 0.25) is 5.91 Å². The summed E-state index contributed by atoms with van der Waals surface area (Å²) in [6, 6.07) is 6.70. The predicted molar refractivity (Wildman–Crippen MR) is 102 cm³/mol. The van der Waals surface area contributed by atoms with E-state index in [1.165, 1.54) is 18.0 Å². The molecule has 1 aliphatic heterocycles. The molecular weight excluding hydrogens is 350 g/mol. The van der Waals surface area contributed by atoms with Crippen LogP contribution in [0.4, 0.5) is 11.5 Å². The zero-order valence-electron chi connectivity index (χ0n) is 14.5. The molecular formula is C18H21N5O2S. The summed E-state index contributed by atoms with van der Waals surface area (Å²) < 4.78 is 0. The molecule has 7 nitrogen and oxygen atoms in total. The number of thioether (sulfide) groups is 1. The molecule has 0 spiro atoms. The number of carbonyl (C=O) groups excluding carboxylic acids is 2. The molecule has 0 saturated carbocycles. The highest BCUT2D eigenvalue weighted by Gasteiger charge is 2.25. The zero-order chi connectivity index (χ0) is 18.5. The van der Waals surface area contributed by atoms with Gasteiger partial charge in [0, 0.05) is 19.3 Å². The molecule has 1 unspecified atom stereocenters. The lowest BCUT2D eigenvalue weighted by Crippen LogP contribution is -2.34. The first-order chi connectivity index (χ1) is 12.5. The Kier molecular flexibility index (Phi) is 5.72. The number of hydrogen-bond acceptors (Lipinski definition) is 6. The molecule has 1 fully saturated rings. The lowest BCUT2D eigenvalue weighted by Gasteiger charge is -2.20. The van der Waals surface area contributed by atoms with Gasteiger partial charge >= 0.3 is 0 Å². The molecule has 8 heteroatoms. The van der Waals surface area contributed by atoms with Crippen LogP contribution in [0.5, 0.6) is 0 Å². The molecule has 26 heavy (non-hydrogen) atoms. The van der Waals surface area contributed by atoms with Crippen LogP contribution in [0.1, 0.15) is 30.1 Å². The number of amides is 2. The number of anilines is 2. The average molecular weight is 371 g/mol. The third-order valence-corrected chi connectivity index (χ3v) is 5.22. The van der Waals surface area contributed by atoms with Crippen LogP contribution >= 0.6 is 11.8 Å². The topological polar surface area (TPSA) is 101 Å². The number of rotatable bonds is 5. The largest absolute Gasteiger partial charge is 0.384 e. The van der Waals surface area contributed by atoms with Gasteiger partial charge in [0.05, 0.1) is 22.7 Å². The van der Waals surface area contributed by atoms with Crippen molar-refractivity contribution in [2.24, 2.45) is 0 Å². The van der Waals surface area contributed by atoms with Crippen molar-refractivity contribution < 1.29 is 9.59 Å². The fraction of sp³-hybridized carbons (Fsp3) is 0.333. The van der Waals surface area contributed by atoms with E-state index in [2.05, 4.69) is 15.3 Å². The van der Waals surface area contributed by atoms with E-state index in [9.17, 15) is 9.59 Å². The number of nitrogens with two attached hydrogens (primary N) is 1. The molecule has 1 aliphatic rings. The van der Waals surface area contributed by atoms with Gasteiger partial charge in [-0.1, -0.05) is 11.8 Å². The summed E-state index contributed by atoms with van der Waals surface area (Å²) in [4.78, 5) is 35.3. The summed E-state index contributed by atoms with van der Waals surface area (Å²) >= 11 is 1.31. The van der Waals surface area contributed by atoms with Crippen LogP contribution in [0.25, 0.3) is 0 Å². The molecule has 2 amide bonds. The molecule has 3 N–H and O–H groups in total. The van der Waals surface area contributed by atoms with Gasteiger partial charge in [-0.25, -0.2) is 9.97 Å². The second-order valence-electron chi connectivity index (χ2n) is 6.07. The first-order valence-corrected chi connectivity index (χ1v) is 9.36. The van der Waals surface area contributed by atoms with Crippen LogP contribution in [0.3, 0.4) is 0 Å². The maximum Gasteiger partial charge on any atom is 0.258 e. The maximum absolute atomic E-state index is 12.6. The van der Waals surface area contributed by atoms with Crippen molar-refractivity contribution in [3.63, 3.8) is 0 Å². The first-order valence-electron chi connectivity index (χ1n) is 8.48. The van der Waals surface area contributed by atoms with Crippen LogP contribution < -0.4 is 11.1 Å². The highest BCUT2D eigenvalue weighted by molar-refractivity contribution is 8.00. The van der Waals surface area contributed by atoms with Crippen molar-refractivity contribution in [1.29, 1.82) is 0 Å². The molecule has 0 aromatic carbocycles. The van der Waals surface area contributed by atoms with E-state index in [-0.39, 0.29) is 17.1 Å². The molecule has 3 heterocycles. The van der Waals surface area contributed by atoms with Crippen LogP contribution in [0.2, 0.25) is 0 Å². The maximum atomic E-state index is 12.6. The lowest BCUT2D eigenvalue weighted by atomic mass is 10.2. The van der Waals surface area contributed by atoms with Gasteiger partial charge in [-0.2, -0.15) is 0 Å². The minimum atomic E-state index is -0.298. The summed E-state index contributed by atoms with van der Waals surface area (Å²) in [5, 5.41) is 3.01. The third-order valence-electron chi connectivity index (χ3n) is 4.11. The Hall–Kier alpha value is -2.61. The summed E-state index contributed by atoms with van der Waals surface area (Å²) in [6.45, 7) is 3.47. The van der Waals surface area contributed by atoms with Gasteiger partial charge in [0.15, 0.2) is 0 Å². The fourth-order valence-corrected chi connectivity index (χ4v) is 3.74. The molecule has 0 bridgehead atoms. The molecule has 1 saturated heterocycles. The molecule has 0 aliphatic carbocycles. The summed E-state index contributed by atoms with van der Waals surface area (Å²) in [5.41, 5.74) is 6.53. The predicted octanol–water partition coefficient (Wildman–Crippen LogP) is 2.41. The van der Waals surface area contributed by atoms with Crippen molar-refractivity contribution in [2.45, 2.75) is 30.0 Å². The minimum absolute atomic E-state index is 0.0900. The number of likely N-dealkylation sites (tertiary alicyclic amines) is 1. The van der Waals surface area contributed by atoms with E-state index in [1.54, 1.807) is 30.5 Å². The van der Waals surface area contributed by atoms with Crippen molar-refractivity contribution in [3.8, 4) is 0 Å². The number of nitrogens with one attached hydrogen (secondary N) is 1. The van der Waals surface area contributed by atoms with Gasteiger partial charge in [-0.05, 0) is 44.0 Å². The van der Waals surface area contributed by atoms with E-state index < -0.39 is 0 Å². The van der Waals surface area contributed by atoms with Gasteiger partial charge in [-0.3, -0.25) is 9.59 Å². The lowest BCUT2D eigenvalue weighted by molar-refractivity contribution is -0.129. The average Bonchev–Trinajstić information content (AvgIpc) is 3.18. The first kappa shape index (κ1) is 18.2. The molecule has 2 aromatic rings. The van der Waals surface area contributed by atoms with Crippen LogP contribution in [0, 0.1) is 0 Å². The molecule has 0 radical (unpaired) electrons. The summed E-state index contributed by atoms with van der Waals surface area (Å²) in [6.07, 6.45) is 5.22. The smallest absolute Gasteiger partial charge is 0.258 e. The van der Waals surface area contributed by atoms with Gasteiger partial charge in [0.25, 0.3) is 5.91 Å². The minimum Gasteiger partial charge on any atom is -0.384 e. The number of hydrogen-bond donors (Lipinski definition) is 2. The third kappa shape index (κ3) is 4.32. The second-order valence-corrected chi connectivity index (χ2v) is 7.40. The Labute approximate surface area is 156 Å². The van der Waals surface area contributed by atoms with Gasteiger partial charge in [-0.15, -0.1) is 0 Å². The Bertz CT molecular complexity index is 790. The Morgan fingerprint density at radius 3 is 2.69 bits per heavy atom. The Morgan fingerprint density at radius 2 is 2.00 bits per heavy atom. The highest BCUT2D eigenvalue weighted by atomic mass is 32.2. The molecule has 3 rings (SSSR count). The zero-order valence-corrected chi connectivity index (χ0v) is 15.3. The van der Waals surface area contributed by atoms with E-state index in [0.29, 0.717) is 22.1 Å². The van der Waals surface area contributed by atoms with Crippen molar-refractivity contribution in [2.75, 3.05) is 24.1 Å². The normalized spacial score (nSPS) is 14.9. The van der Waals surface area contributed by atoms with Gasteiger partial charge in [0.1, 0.15) is 10.8 Å². The van der Waals surface area contributed by atoms with Gasteiger partial charge < -0.3 is 16.0 Å². The monoisotopic (exact) mass is 371 g/mol. The van der Waals surface area contributed by atoms with Crippen LogP contribution in [-0.4, -0.2) is 45.0 Å². The molecule has 1 atom stereocenters. The van der Waals surface area contributed by atoms with Crippen molar-refractivity contribution >= 4 is 35.1 Å². The summed E-state index contributed by atoms with van der Waals surface area (Å²) in [5.74, 6) is 0.176. The fourth-order valence-electron chi connectivity index (χ4n) is 2.75. The number of carbonyl (C=O) groups is 2. The standard InChI is InChI=1S/C18H21N5O2S/c1-12(18(25)23-9-2-3-10-23)26-17-14(5-4-8-20-17)16(24)22-13-6-7-15(19)21-11-13/h4-8,11-12H,2-3,9-10H2,1H3,(H2,19,21)(H,22,24). The van der Waals surface area contributed by atoms with Crippen molar-refractivity contribution in [1.82, 2.24) is 14.9 Å². The van der Waals surface area contributed by atoms with E-state index >= 15 is 0 Å². The van der Waals surface area contributed by atoms with Crippen LogP contribution in [-0.2, 0) is 4.79 Å². The Morgan fingerprint density at radius 1 is 1.23 bits per heavy atom. The number of nitrogen functional groups attached to an aromatic ring is 1. The van der Waals surface area contributed by atoms with E-state index in [4.69, 9.17) is 5.73 Å². The Balaban J connectivity index is 1.71. The number of pyridine rings is 2. The number of nitrogens with zero attached hydrogens (tertiary/aromatic N) is 3. The van der Waals surface area contributed by atoms with Crippen molar-refractivity contribution in [3.05, 3.63) is 42.2 Å². The SMILES string of the molecule is CC(Sc1ncccc1C(=O)Nc1ccc(N)nc1)C(=O)N1CCCC1. The van der Waals surface area contributed by atoms with E-state index in [1.807, 2.05) is 11.8 Å². The van der Waals surface area contributed by atoms with Crippen LogP contribution in [0.15, 0.2) is 41.7 Å². The second kappa shape index (κ2) is 8.18.